The summed E-state index contributed by atoms with van der Waals surface area (Å²) in [6, 6.07) is 0. The van der Waals surface area contributed by atoms with E-state index < -0.39 is 12.1 Å². The molecule has 0 amide bonds. The Bertz CT molecular complexity index is 1180. The molecule has 0 rings (SSSR count). The fourth-order valence-electron chi connectivity index (χ4n) is 4.94. The van der Waals surface area contributed by atoms with Gasteiger partial charge in [0.05, 0.1) is 6.42 Å². The average Bonchev–Trinajstić information content (AvgIpc) is 3.17. The Kier molecular flexibility index (Phi) is 38.8. The van der Waals surface area contributed by atoms with Gasteiger partial charge >= 0.3 is 17.9 Å². The highest BCUT2D eigenvalue weighted by Crippen LogP contribution is 2.10. The summed E-state index contributed by atoms with van der Waals surface area (Å²) in [4.78, 5) is 37.5. The van der Waals surface area contributed by atoms with E-state index in [0.29, 0.717) is 12.8 Å². The molecule has 0 saturated heterocycles. The molecule has 0 heterocycles. The SMILES string of the molecule is CC/C=C\C/C=C\C/C=C\C/C=C\CCCCCC(=O)OCC(COC(=O)C/C=C\C/C=C\C/C=C\CC)OC(=O)CCCCC/C=C\C=C/CCCC. The molecule has 0 spiro atoms. The normalized spacial score (nSPS) is 13.2. The topological polar surface area (TPSA) is 78.9 Å². The molecule has 6 nitrogen and oxygen atoms in total. The zero-order valence-electron chi connectivity index (χ0n) is 34.2. The lowest BCUT2D eigenvalue weighted by atomic mass is 10.1. The van der Waals surface area contributed by atoms with Crippen LogP contribution in [0.4, 0.5) is 0 Å². The Morgan fingerprint density at radius 3 is 1.37 bits per heavy atom. The molecule has 54 heavy (non-hydrogen) atoms. The zero-order chi connectivity index (χ0) is 39.4. The predicted octanol–water partition coefficient (Wildman–Crippen LogP) is 13.2. The second-order valence-electron chi connectivity index (χ2n) is 13.2. The molecule has 0 saturated carbocycles. The fraction of sp³-hybridized carbons (Fsp3) is 0.562. The molecule has 0 bridgehead atoms. The number of hydrogen-bond acceptors (Lipinski definition) is 6. The molecule has 6 heteroatoms. The van der Waals surface area contributed by atoms with Gasteiger partial charge in [0.25, 0.3) is 0 Å². The smallest absolute Gasteiger partial charge is 0.309 e. The summed E-state index contributed by atoms with van der Waals surface area (Å²) in [6.07, 6.45) is 55.4. The maximum absolute atomic E-state index is 12.6. The second-order valence-corrected chi connectivity index (χ2v) is 13.2. The largest absolute Gasteiger partial charge is 0.462 e. The maximum atomic E-state index is 12.6. The van der Waals surface area contributed by atoms with Crippen LogP contribution in [0.5, 0.6) is 0 Å². The molecule has 0 aliphatic carbocycles. The van der Waals surface area contributed by atoms with Crippen molar-refractivity contribution in [2.75, 3.05) is 13.2 Å². The fourth-order valence-corrected chi connectivity index (χ4v) is 4.94. The van der Waals surface area contributed by atoms with Gasteiger partial charge in [0.1, 0.15) is 13.2 Å². The van der Waals surface area contributed by atoms with E-state index >= 15 is 0 Å². The van der Waals surface area contributed by atoms with Gasteiger partial charge < -0.3 is 14.2 Å². The van der Waals surface area contributed by atoms with Crippen molar-refractivity contribution in [3.8, 4) is 0 Å². The van der Waals surface area contributed by atoms with Gasteiger partial charge in [-0.05, 0) is 89.9 Å². The molecule has 0 aliphatic rings. The first kappa shape index (κ1) is 50.1. The van der Waals surface area contributed by atoms with E-state index in [1.807, 2.05) is 6.08 Å². The number of unbranched alkanes of at least 4 members (excludes halogenated alkanes) is 8. The van der Waals surface area contributed by atoms with Crippen LogP contribution in [0, 0.1) is 0 Å². The standard InChI is InChI=1S/C48H74O6/c1-4-7-10-13-16-19-21-22-23-24-25-27-29-32-35-38-41-47(50)53-44-45(43-52-46(49)40-37-34-31-28-18-15-12-9-6-3)54-48(51)42-39-36-33-30-26-20-17-14-11-8-5-2/h7,9-10,12,14,16-20,22-23,25-28,34,37,45H,4-6,8,11,13,15,21,24,29-33,35-36,38-44H2,1-3H3/b10-7-,12-9-,17-14-,19-16-,23-22-,26-20-,27-25-,28-18-,37-34-. The highest BCUT2D eigenvalue weighted by molar-refractivity contribution is 5.72. The van der Waals surface area contributed by atoms with E-state index in [1.165, 1.54) is 12.8 Å². The van der Waals surface area contributed by atoms with Crippen LogP contribution in [0.1, 0.15) is 156 Å². The quantitative estimate of drug-likeness (QED) is 0.0211. The predicted molar refractivity (Wildman–Crippen MR) is 228 cm³/mol. The van der Waals surface area contributed by atoms with E-state index in [4.69, 9.17) is 14.2 Å². The van der Waals surface area contributed by atoms with Gasteiger partial charge in [-0.15, -0.1) is 0 Å². The van der Waals surface area contributed by atoms with Crippen molar-refractivity contribution in [3.05, 3.63) is 109 Å². The summed E-state index contributed by atoms with van der Waals surface area (Å²) in [7, 11) is 0. The number of carbonyl (C=O) groups excluding carboxylic acids is 3. The zero-order valence-corrected chi connectivity index (χ0v) is 34.2. The molecule has 0 radical (unpaired) electrons. The Labute approximate surface area is 330 Å². The summed E-state index contributed by atoms with van der Waals surface area (Å²) >= 11 is 0. The van der Waals surface area contributed by atoms with Crippen molar-refractivity contribution in [2.24, 2.45) is 0 Å². The molecule has 0 aromatic rings. The summed E-state index contributed by atoms with van der Waals surface area (Å²) in [6.45, 7) is 6.15. The molecule has 0 aromatic carbocycles. The summed E-state index contributed by atoms with van der Waals surface area (Å²) in [5.74, 6) is -1.14. The second kappa shape index (κ2) is 41.8. The van der Waals surface area contributed by atoms with E-state index in [1.54, 1.807) is 6.08 Å². The molecule has 1 unspecified atom stereocenters. The molecule has 0 fully saturated rings. The summed E-state index contributed by atoms with van der Waals surface area (Å²) < 4.78 is 16.5. The lowest BCUT2D eigenvalue weighted by Gasteiger charge is -2.18. The Hall–Kier alpha value is -3.93. The lowest BCUT2D eigenvalue weighted by Crippen LogP contribution is -2.30. The summed E-state index contributed by atoms with van der Waals surface area (Å²) in [5, 5.41) is 0. The highest BCUT2D eigenvalue weighted by atomic mass is 16.6. The molecular formula is C48H74O6. The van der Waals surface area contributed by atoms with E-state index in [-0.39, 0.29) is 38.0 Å². The van der Waals surface area contributed by atoms with Gasteiger partial charge in [0, 0.05) is 12.8 Å². The van der Waals surface area contributed by atoms with Crippen molar-refractivity contribution in [3.63, 3.8) is 0 Å². The first-order valence-electron chi connectivity index (χ1n) is 20.9. The first-order valence-corrected chi connectivity index (χ1v) is 20.9. The molecule has 0 aliphatic heterocycles. The van der Waals surface area contributed by atoms with E-state index in [0.717, 1.165) is 96.3 Å². The average molecular weight is 747 g/mol. The minimum atomic E-state index is -0.839. The number of hydrogen-bond donors (Lipinski definition) is 0. The van der Waals surface area contributed by atoms with Gasteiger partial charge in [-0.1, -0.05) is 156 Å². The number of rotatable bonds is 35. The van der Waals surface area contributed by atoms with Crippen LogP contribution in [0.15, 0.2) is 109 Å². The van der Waals surface area contributed by atoms with Crippen LogP contribution in [-0.2, 0) is 28.6 Å². The third-order valence-corrected chi connectivity index (χ3v) is 8.05. The van der Waals surface area contributed by atoms with Crippen molar-refractivity contribution in [1.82, 2.24) is 0 Å². The minimum absolute atomic E-state index is 0.119. The number of carbonyl (C=O) groups is 3. The number of ether oxygens (including phenoxy) is 3. The van der Waals surface area contributed by atoms with Crippen molar-refractivity contribution in [2.45, 2.75) is 162 Å². The van der Waals surface area contributed by atoms with Crippen LogP contribution in [0.3, 0.4) is 0 Å². The van der Waals surface area contributed by atoms with Crippen LogP contribution in [0.25, 0.3) is 0 Å². The highest BCUT2D eigenvalue weighted by Gasteiger charge is 2.19. The molecule has 0 aromatic heterocycles. The van der Waals surface area contributed by atoms with Crippen molar-refractivity contribution >= 4 is 17.9 Å². The lowest BCUT2D eigenvalue weighted by molar-refractivity contribution is -0.166. The van der Waals surface area contributed by atoms with Gasteiger partial charge in [-0.25, -0.2) is 0 Å². The van der Waals surface area contributed by atoms with Crippen LogP contribution in [0.2, 0.25) is 0 Å². The Balaban J connectivity index is 4.55. The van der Waals surface area contributed by atoms with E-state index in [9.17, 15) is 14.4 Å². The first-order chi connectivity index (χ1) is 26.5. The Morgan fingerprint density at radius 2 is 0.852 bits per heavy atom. The van der Waals surface area contributed by atoms with Crippen LogP contribution in [-0.4, -0.2) is 37.2 Å². The van der Waals surface area contributed by atoms with Crippen molar-refractivity contribution in [1.29, 1.82) is 0 Å². The minimum Gasteiger partial charge on any atom is -0.462 e. The van der Waals surface area contributed by atoms with Gasteiger partial charge in [0.15, 0.2) is 6.10 Å². The van der Waals surface area contributed by atoms with Crippen molar-refractivity contribution < 1.29 is 28.6 Å². The molecular weight excluding hydrogens is 673 g/mol. The number of allylic oxidation sites excluding steroid dienone is 17. The maximum Gasteiger partial charge on any atom is 0.309 e. The number of esters is 3. The monoisotopic (exact) mass is 747 g/mol. The Morgan fingerprint density at radius 1 is 0.426 bits per heavy atom. The van der Waals surface area contributed by atoms with Gasteiger partial charge in [-0.2, -0.15) is 0 Å². The molecule has 0 N–H and O–H groups in total. The van der Waals surface area contributed by atoms with Gasteiger partial charge in [-0.3, -0.25) is 14.4 Å². The van der Waals surface area contributed by atoms with Crippen LogP contribution >= 0.6 is 0 Å². The molecule has 1 atom stereocenters. The third-order valence-electron chi connectivity index (χ3n) is 8.05. The molecule has 302 valence electrons. The van der Waals surface area contributed by atoms with Crippen LogP contribution < -0.4 is 0 Å². The van der Waals surface area contributed by atoms with E-state index in [2.05, 4.69) is 118 Å². The van der Waals surface area contributed by atoms with Gasteiger partial charge in [0.2, 0.25) is 0 Å². The summed E-state index contributed by atoms with van der Waals surface area (Å²) in [5.41, 5.74) is 0. The third kappa shape index (κ3) is 39.3.